The van der Waals surface area contributed by atoms with Crippen molar-refractivity contribution in [2.24, 2.45) is 5.73 Å². The first-order valence-electron chi connectivity index (χ1n) is 6.02. The molecule has 2 nitrogen and oxygen atoms in total. The van der Waals surface area contributed by atoms with Crippen LogP contribution in [-0.4, -0.2) is 12.6 Å². The van der Waals surface area contributed by atoms with Gasteiger partial charge in [0.1, 0.15) is 11.9 Å². The molecule has 18 heavy (non-hydrogen) atoms. The maximum absolute atomic E-state index is 5.91. The molecule has 1 heterocycles. The minimum absolute atomic E-state index is 0.105. The number of para-hydroxylation sites is 1. The minimum Gasteiger partial charge on any atom is -0.488 e. The molecule has 0 saturated carbocycles. The van der Waals surface area contributed by atoms with Crippen molar-refractivity contribution in [2.75, 3.05) is 6.54 Å². The van der Waals surface area contributed by atoms with Gasteiger partial charge in [-0.2, -0.15) is 0 Å². The van der Waals surface area contributed by atoms with Crippen LogP contribution < -0.4 is 10.5 Å². The van der Waals surface area contributed by atoms with E-state index in [-0.39, 0.29) is 6.10 Å². The molecule has 0 saturated heterocycles. The van der Waals surface area contributed by atoms with Gasteiger partial charge in [0.25, 0.3) is 0 Å². The number of ether oxygens (including phenoxy) is 1. The summed E-state index contributed by atoms with van der Waals surface area (Å²) in [7, 11) is 0. The molecule has 0 amide bonds. The summed E-state index contributed by atoms with van der Waals surface area (Å²) < 4.78 is 5.91. The molecule has 3 heteroatoms. The molecule has 0 bridgehead atoms. The number of hydrogen-bond donors (Lipinski definition) is 1. The first kappa shape index (κ1) is 11.6. The van der Waals surface area contributed by atoms with E-state index in [4.69, 9.17) is 22.1 Å². The summed E-state index contributed by atoms with van der Waals surface area (Å²) in [6.45, 7) is 0.550. The lowest BCUT2D eigenvalue weighted by Crippen LogP contribution is -2.24. The van der Waals surface area contributed by atoms with E-state index in [1.165, 1.54) is 5.56 Å². The first-order valence-corrected chi connectivity index (χ1v) is 6.40. The van der Waals surface area contributed by atoms with E-state index >= 15 is 0 Å². The average Bonchev–Trinajstić information content (AvgIpc) is 2.82. The van der Waals surface area contributed by atoms with Gasteiger partial charge in [0, 0.05) is 23.6 Å². The third-order valence-corrected chi connectivity index (χ3v) is 3.50. The van der Waals surface area contributed by atoms with E-state index in [2.05, 4.69) is 18.2 Å². The topological polar surface area (TPSA) is 35.2 Å². The zero-order valence-corrected chi connectivity index (χ0v) is 10.7. The third kappa shape index (κ3) is 1.98. The summed E-state index contributed by atoms with van der Waals surface area (Å²) in [5.41, 5.74) is 9.14. The van der Waals surface area contributed by atoms with E-state index in [1.54, 1.807) is 0 Å². The van der Waals surface area contributed by atoms with Crippen LogP contribution >= 0.6 is 11.6 Å². The van der Waals surface area contributed by atoms with Crippen molar-refractivity contribution < 1.29 is 4.74 Å². The van der Waals surface area contributed by atoms with Gasteiger partial charge in [-0.15, -0.1) is 0 Å². The van der Waals surface area contributed by atoms with Crippen LogP contribution in [0.1, 0.15) is 5.56 Å². The van der Waals surface area contributed by atoms with Crippen molar-refractivity contribution in [2.45, 2.75) is 12.5 Å². The smallest absolute Gasteiger partial charge is 0.130 e. The Labute approximate surface area is 111 Å². The van der Waals surface area contributed by atoms with Gasteiger partial charge in [0.05, 0.1) is 0 Å². The number of nitrogens with two attached hydrogens (primary N) is 1. The van der Waals surface area contributed by atoms with Crippen LogP contribution in [0.25, 0.3) is 11.1 Å². The zero-order chi connectivity index (χ0) is 12.5. The van der Waals surface area contributed by atoms with E-state index in [0.29, 0.717) is 6.54 Å². The van der Waals surface area contributed by atoms with Crippen molar-refractivity contribution >= 4 is 11.6 Å². The summed E-state index contributed by atoms with van der Waals surface area (Å²) in [4.78, 5) is 0. The number of halogens is 1. The fourth-order valence-electron chi connectivity index (χ4n) is 2.33. The lowest BCUT2D eigenvalue weighted by molar-refractivity contribution is 0.242. The molecule has 1 atom stereocenters. The second kappa shape index (κ2) is 4.63. The van der Waals surface area contributed by atoms with Crippen molar-refractivity contribution in [3.8, 4) is 16.9 Å². The quantitative estimate of drug-likeness (QED) is 0.898. The predicted molar refractivity (Wildman–Crippen MR) is 74.1 cm³/mol. The Bertz CT molecular complexity index is 565. The lowest BCUT2D eigenvalue weighted by Gasteiger charge is -2.10. The highest BCUT2D eigenvalue weighted by molar-refractivity contribution is 6.30. The Morgan fingerprint density at radius 3 is 2.67 bits per heavy atom. The Hall–Kier alpha value is -1.51. The van der Waals surface area contributed by atoms with Gasteiger partial charge in [0.2, 0.25) is 0 Å². The van der Waals surface area contributed by atoms with Crippen molar-refractivity contribution in [3.63, 3.8) is 0 Å². The third-order valence-electron chi connectivity index (χ3n) is 3.25. The minimum atomic E-state index is 0.105. The molecule has 3 rings (SSSR count). The fraction of sp³-hybridized carbons (Fsp3) is 0.200. The number of benzene rings is 2. The van der Waals surface area contributed by atoms with E-state index < -0.39 is 0 Å². The van der Waals surface area contributed by atoms with Gasteiger partial charge in [-0.05, 0) is 23.3 Å². The summed E-state index contributed by atoms with van der Waals surface area (Å²) in [5, 5.41) is 0.743. The Balaban J connectivity index is 2.05. The maximum atomic E-state index is 5.91. The number of hydrogen-bond acceptors (Lipinski definition) is 2. The van der Waals surface area contributed by atoms with Crippen LogP contribution in [0, 0.1) is 0 Å². The molecular weight excluding hydrogens is 246 g/mol. The standard InChI is InChI=1S/C15H14ClNO/c16-12-6-4-10(5-7-12)14-3-1-2-11-8-13(9-17)18-15(11)14/h1-7,13H,8-9,17H2. The molecule has 92 valence electrons. The summed E-state index contributed by atoms with van der Waals surface area (Å²) >= 11 is 5.91. The van der Waals surface area contributed by atoms with E-state index in [9.17, 15) is 0 Å². The Kier molecular flexibility index (Phi) is 2.98. The second-order valence-corrected chi connectivity index (χ2v) is 4.92. The second-order valence-electron chi connectivity index (χ2n) is 4.48. The summed E-state index contributed by atoms with van der Waals surface area (Å²) in [6, 6.07) is 14.0. The highest BCUT2D eigenvalue weighted by Crippen LogP contribution is 2.38. The van der Waals surface area contributed by atoms with Crippen LogP contribution in [0.5, 0.6) is 5.75 Å². The lowest BCUT2D eigenvalue weighted by atomic mass is 10.0. The molecular formula is C15H14ClNO. The van der Waals surface area contributed by atoms with Gasteiger partial charge in [0.15, 0.2) is 0 Å². The van der Waals surface area contributed by atoms with Gasteiger partial charge < -0.3 is 10.5 Å². The maximum Gasteiger partial charge on any atom is 0.130 e. The van der Waals surface area contributed by atoms with Crippen LogP contribution in [0.15, 0.2) is 42.5 Å². The molecule has 0 fully saturated rings. The molecule has 2 aromatic rings. The average molecular weight is 260 g/mol. The fourth-order valence-corrected chi connectivity index (χ4v) is 2.45. The van der Waals surface area contributed by atoms with Gasteiger partial charge in [-0.25, -0.2) is 0 Å². The van der Waals surface area contributed by atoms with Crippen LogP contribution in [0.3, 0.4) is 0 Å². The van der Waals surface area contributed by atoms with Gasteiger partial charge in [-0.1, -0.05) is 41.9 Å². The molecule has 1 aliphatic heterocycles. The van der Waals surface area contributed by atoms with Crippen molar-refractivity contribution in [1.82, 2.24) is 0 Å². The summed E-state index contributed by atoms with van der Waals surface area (Å²) in [5.74, 6) is 0.968. The Morgan fingerprint density at radius 2 is 1.94 bits per heavy atom. The summed E-state index contributed by atoms with van der Waals surface area (Å²) in [6.07, 6.45) is 1.00. The number of rotatable bonds is 2. The molecule has 1 aliphatic rings. The van der Waals surface area contributed by atoms with Crippen LogP contribution in [0.4, 0.5) is 0 Å². The Morgan fingerprint density at radius 1 is 1.17 bits per heavy atom. The molecule has 0 radical (unpaired) electrons. The normalized spacial score (nSPS) is 17.3. The van der Waals surface area contributed by atoms with Crippen LogP contribution in [0.2, 0.25) is 5.02 Å². The van der Waals surface area contributed by atoms with Crippen LogP contribution in [-0.2, 0) is 6.42 Å². The van der Waals surface area contributed by atoms with Crippen molar-refractivity contribution in [3.05, 3.63) is 53.1 Å². The largest absolute Gasteiger partial charge is 0.488 e. The zero-order valence-electron chi connectivity index (χ0n) is 9.90. The predicted octanol–water partition coefficient (Wildman–Crippen LogP) is 3.27. The molecule has 0 spiro atoms. The van der Waals surface area contributed by atoms with Crippen molar-refractivity contribution in [1.29, 1.82) is 0 Å². The molecule has 0 aromatic heterocycles. The van der Waals surface area contributed by atoms with E-state index in [1.807, 2.05) is 24.3 Å². The number of fused-ring (bicyclic) bond motifs is 1. The monoisotopic (exact) mass is 259 g/mol. The molecule has 2 N–H and O–H groups in total. The highest BCUT2D eigenvalue weighted by atomic mass is 35.5. The van der Waals surface area contributed by atoms with Gasteiger partial charge in [-0.3, -0.25) is 0 Å². The molecule has 1 unspecified atom stereocenters. The van der Waals surface area contributed by atoms with E-state index in [0.717, 1.165) is 28.3 Å². The van der Waals surface area contributed by atoms with Gasteiger partial charge >= 0.3 is 0 Å². The molecule has 2 aromatic carbocycles. The first-order chi connectivity index (χ1) is 8.78. The highest BCUT2D eigenvalue weighted by Gasteiger charge is 2.24. The molecule has 0 aliphatic carbocycles. The SMILES string of the molecule is NCC1Cc2cccc(-c3ccc(Cl)cc3)c2O1.